The highest BCUT2D eigenvalue weighted by atomic mass is 19.1. The Morgan fingerprint density at radius 3 is 2.23 bits per heavy atom. The minimum absolute atomic E-state index is 0.104. The first-order valence-corrected chi connectivity index (χ1v) is 7.80. The highest BCUT2D eigenvalue weighted by Crippen LogP contribution is 2.40. The van der Waals surface area contributed by atoms with Crippen molar-refractivity contribution < 1.29 is 14.0 Å². The molecule has 1 aromatic carbocycles. The number of piperidine rings is 1. The average Bonchev–Trinajstić information content (AvgIpc) is 2.91. The van der Waals surface area contributed by atoms with E-state index < -0.39 is 5.82 Å². The van der Waals surface area contributed by atoms with Gasteiger partial charge in [0.1, 0.15) is 5.82 Å². The predicted octanol–water partition coefficient (Wildman–Crippen LogP) is 2.30. The summed E-state index contributed by atoms with van der Waals surface area (Å²) in [5, 5.41) is 0. The Labute approximate surface area is 129 Å². The fourth-order valence-electron chi connectivity index (χ4n) is 3.62. The van der Waals surface area contributed by atoms with Gasteiger partial charge in [-0.3, -0.25) is 9.59 Å². The summed E-state index contributed by atoms with van der Waals surface area (Å²) in [7, 11) is 0. The summed E-state index contributed by atoms with van der Waals surface area (Å²) in [6, 6.07) is 6.15. The summed E-state index contributed by atoms with van der Waals surface area (Å²) in [5.41, 5.74) is 0.257. The third-order valence-corrected chi connectivity index (χ3v) is 5.10. The number of likely N-dealkylation sites (tertiary alicyclic amines) is 2. The number of hydrogen-bond donors (Lipinski definition) is 0. The first-order chi connectivity index (χ1) is 10.5. The minimum atomic E-state index is -0.458. The molecule has 4 nitrogen and oxygen atoms in total. The number of benzene rings is 1. The molecule has 1 aromatic rings. The molecule has 2 fully saturated rings. The number of amides is 2. The Hall–Kier alpha value is -1.91. The molecule has 2 heterocycles. The Morgan fingerprint density at radius 2 is 1.64 bits per heavy atom. The van der Waals surface area contributed by atoms with Crippen LogP contribution in [-0.2, 0) is 4.79 Å². The van der Waals surface area contributed by atoms with Gasteiger partial charge < -0.3 is 9.80 Å². The Balaban J connectivity index is 1.67. The monoisotopic (exact) mass is 304 g/mol. The predicted molar refractivity (Wildman–Crippen MR) is 80.8 cm³/mol. The SMILES string of the molecule is CC(=O)N1CCC2(CC1)CCN(C(=O)c1ccccc1F)C2. The summed E-state index contributed by atoms with van der Waals surface area (Å²) in [5.74, 6) is -0.559. The average molecular weight is 304 g/mol. The molecule has 2 aliphatic heterocycles. The van der Waals surface area contributed by atoms with Gasteiger partial charge in [0.25, 0.3) is 5.91 Å². The normalized spacial score (nSPS) is 20.5. The second-order valence-corrected chi connectivity index (χ2v) is 6.46. The van der Waals surface area contributed by atoms with E-state index in [2.05, 4.69) is 0 Å². The van der Waals surface area contributed by atoms with Crippen LogP contribution in [0.3, 0.4) is 0 Å². The second-order valence-electron chi connectivity index (χ2n) is 6.46. The van der Waals surface area contributed by atoms with Crippen molar-refractivity contribution in [3.8, 4) is 0 Å². The van der Waals surface area contributed by atoms with E-state index in [4.69, 9.17) is 0 Å². The van der Waals surface area contributed by atoms with E-state index >= 15 is 0 Å². The molecule has 0 aliphatic carbocycles. The molecule has 1 spiro atoms. The quantitative estimate of drug-likeness (QED) is 0.799. The van der Waals surface area contributed by atoms with Crippen LogP contribution in [0, 0.1) is 11.2 Å². The largest absolute Gasteiger partial charge is 0.343 e. The zero-order valence-electron chi connectivity index (χ0n) is 12.8. The van der Waals surface area contributed by atoms with Crippen LogP contribution in [0.4, 0.5) is 4.39 Å². The zero-order chi connectivity index (χ0) is 15.7. The van der Waals surface area contributed by atoms with Crippen molar-refractivity contribution in [1.29, 1.82) is 0 Å². The number of hydrogen-bond acceptors (Lipinski definition) is 2. The van der Waals surface area contributed by atoms with Crippen LogP contribution in [-0.4, -0.2) is 47.8 Å². The molecule has 0 atom stereocenters. The number of halogens is 1. The van der Waals surface area contributed by atoms with E-state index in [9.17, 15) is 14.0 Å². The van der Waals surface area contributed by atoms with Crippen molar-refractivity contribution in [1.82, 2.24) is 9.80 Å². The smallest absolute Gasteiger partial charge is 0.256 e. The van der Waals surface area contributed by atoms with Gasteiger partial charge in [-0.25, -0.2) is 4.39 Å². The van der Waals surface area contributed by atoms with Gasteiger partial charge >= 0.3 is 0 Å². The maximum atomic E-state index is 13.8. The Kier molecular flexibility index (Phi) is 3.89. The summed E-state index contributed by atoms with van der Waals surface area (Å²) >= 11 is 0. The lowest BCUT2D eigenvalue weighted by molar-refractivity contribution is -0.131. The van der Waals surface area contributed by atoms with Crippen LogP contribution in [0.5, 0.6) is 0 Å². The van der Waals surface area contributed by atoms with Gasteiger partial charge in [0.2, 0.25) is 5.91 Å². The molecule has 0 bridgehead atoms. The van der Waals surface area contributed by atoms with Gasteiger partial charge in [-0.15, -0.1) is 0 Å². The molecule has 22 heavy (non-hydrogen) atoms. The van der Waals surface area contributed by atoms with Crippen LogP contribution < -0.4 is 0 Å². The Bertz CT molecular complexity index is 594. The molecule has 0 saturated carbocycles. The fraction of sp³-hybridized carbons (Fsp3) is 0.529. The fourth-order valence-corrected chi connectivity index (χ4v) is 3.62. The summed E-state index contributed by atoms with van der Waals surface area (Å²) in [6.45, 7) is 4.47. The number of nitrogens with zero attached hydrogens (tertiary/aromatic N) is 2. The number of carbonyl (C=O) groups is 2. The van der Waals surface area contributed by atoms with Crippen LogP contribution in [0.15, 0.2) is 24.3 Å². The van der Waals surface area contributed by atoms with Crippen molar-refractivity contribution in [2.24, 2.45) is 5.41 Å². The minimum Gasteiger partial charge on any atom is -0.343 e. The van der Waals surface area contributed by atoms with Gasteiger partial charge in [-0.2, -0.15) is 0 Å². The van der Waals surface area contributed by atoms with Crippen LogP contribution in [0.2, 0.25) is 0 Å². The molecule has 5 heteroatoms. The summed E-state index contributed by atoms with van der Waals surface area (Å²) < 4.78 is 13.8. The van der Waals surface area contributed by atoms with Gasteiger partial charge in [0.15, 0.2) is 0 Å². The van der Waals surface area contributed by atoms with Crippen molar-refractivity contribution in [2.75, 3.05) is 26.2 Å². The van der Waals surface area contributed by atoms with E-state index in [0.717, 1.165) is 32.4 Å². The first-order valence-electron chi connectivity index (χ1n) is 7.80. The molecule has 2 amide bonds. The lowest BCUT2D eigenvalue weighted by Gasteiger charge is -2.38. The third kappa shape index (κ3) is 2.72. The van der Waals surface area contributed by atoms with Crippen molar-refractivity contribution >= 4 is 11.8 Å². The summed E-state index contributed by atoms with van der Waals surface area (Å²) in [6.07, 6.45) is 2.79. The molecule has 2 aliphatic rings. The van der Waals surface area contributed by atoms with Crippen molar-refractivity contribution in [2.45, 2.75) is 26.2 Å². The number of carbonyl (C=O) groups excluding carboxylic acids is 2. The zero-order valence-corrected chi connectivity index (χ0v) is 12.8. The molecule has 0 radical (unpaired) electrons. The van der Waals surface area contributed by atoms with Gasteiger partial charge in [-0.1, -0.05) is 12.1 Å². The first kappa shape index (κ1) is 15.0. The second kappa shape index (κ2) is 5.71. The third-order valence-electron chi connectivity index (χ3n) is 5.10. The molecule has 2 saturated heterocycles. The molecule has 0 N–H and O–H groups in total. The molecule has 0 unspecified atom stereocenters. The standard InChI is InChI=1S/C17H21FN2O2/c1-13(21)19-9-6-17(7-10-19)8-11-20(12-17)16(22)14-4-2-3-5-15(14)18/h2-5H,6-12H2,1H3. The maximum Gasteiger partial charge on any atom is 0.256 e. The molecular weight excluding hydrogens is 283 g/mol. The van der Waals surface area contributed by atoms with Crippen LogP contribution in [0.1, 0.15) is 36.5 Å². The summed E-state index contributed by atoms with van der Waals surface area (Å²) in [4.78, 5) is 27.5. The maximum absolute atomic E-state index is 13.8. The molecule has 118 valence electrons. The van der Waals surface area contributed by atoms with E-state index in [1.807, 2.05) is 4.90 Å². The van der Waals surface area contributed by atoms with Crippen molar-refractivity contribution in [3.05, 3.63) is 35.6 Å². The van der Waals surface area contributed by atoms with E-state index in [1.165, 1.54) is 6.07 Å². The topological polar surface area (TPSA) is 40.6 Å². The van der Waals surface area contributed by atoms with E-state index in [-0.39, 0.29) is 22.8 Å². The van der Waals surface area contributed by atoms with Gasteiger partial charge in [0.05, 0.1) is 5.56 Å². The van der Waals surface area contributed by atoms with E-state index in [1.54, 1.807) is 30.0 Å². The molecule has 0 aromatic heterocycles. The van der Waals surface area contributed by atoms with Crippen molar-refractivity contribution in [3.63, 3.8) is 0 Å². The molecular formula is C17H21FN2O2. The van der Waals surface area contributed by atoms with Crippen LogP contribution >= 0.6 is 0 Å². The van der Waals surface area contributed by atoms with Gasteiger partial charge in [-0.05, 0) is 36.8 Å². The number of rotatable bonds is 1. The van der Waals surface area contributed by atoms with Gasteiger partial charge in [0, 0.05) is 33.1 Å². The van der Waals surface area contributed by atoms with E-state index in [0.29, 0.717) is 13.1 Å². The molecule has 3 rings (SSSR count). The lowest BCUT2D eigenvalue weighted by atomic mass is 9.78. The Morgan fingerprint density at radius 1 is 1.05 bits per heavy atom. The van der Waals surface area contributed by atoms with Crippen LogP contribution in [0.25, 0.3) is 0 Å². The highest BCUT2D eigenvalue weighted by Gasteiger charge is 2.42. The lowest BCUT2D eigenvalue weighted by Crippen LogP contribution is -2.44. The highest BCUT2D eigenvalue weighted by molar-refractivity contribution is 5.94.